The number of carbonyl (C=O) groups excluding carboxylic acids is 2. The molecule has 5 fully saturated rings. The van der Waals surface area contributed by atoms with Gasteiger partial charge in [0.05, 0.1) is 5.92 Å². The standard InChI is InChI=1S/C21H25NO3/c23-19-5-2-6-22(19)17-3-1-4-18(12-17)25-21(24)20-15-8-13-7-14(10-15)11-16(20)9-13/h1,3-4,12-16,20H,2,5-11H2. The lowest BCUT2D eigenvalue weighted by atomic mass is 9.52. The fraction of sp³-hybridized carbons (Fsp3) is 0.619. The lowest BCUT2D eigenvalue weighted by Gasteiger charge is -2.53. The molecule has 4 heteroatoms. The van der Waals surface area contributed by atoms with Gasteiger partial charge in [-0.2, -0.15) is 0 Å². The molecular formula is C21H25NO3. The highest BCUT2D eigenvalue weighted by atomic mass is 16.5. The summed E-state index contributed by atoms with van der Waals surface area (Å²) in [5, 5.41) is 0. The molecule has 6 rings (SSSR count). The van der Waals surface area contributed by atoms with Crippen molar-refractivity contribution in [2.75, 3.05) is 11.4 Å². The van der Waals surface area contributed by atoms with Gasteiger partial charge in [0.15, 0.2) is 0 Å². The molecule has 0 spiro atoms. The Kier molecular flexibility index (Phi) is 3.61. The number of nitrogens with zero attached hydrogens (tertiary/aromatic N) is 1. The van der Waals surface area contributed by atoms with E-state index in [1.807, 2.05) is 24.3 Å². The number of anilines is 1. The summed E-state index contributed by atoms with van der Waals surface area (Å²) in [5.41, 5.74) is 0.845. The third-order valence-electron chi connectivity index (χ3n) is 6.92. The van der Waals surface area contributed by atoms with Crippen molar-refractivity contribution in [1.29, 1.82) is 0 Å². The number of rotatable bonds is 3. The van der Waals surface area contributed by atoms with E-state index in [1.165, 1.54) is 32.1 Å². The van der Waals surface area contributed by atoms with Crippen molar-refractivity contribution in [3.8, 4) is 5.75 Å². The van der Waals surface area contributed by atoms with E-state index in [2.05, 4.69) is 0 Å². The zero-order chi connectivity index (χ0) is 17.0. The Morgan fingerprint density at radius 2 is 1.76 bits per heavy atom. The highest BCUT2D eigenvalue weighted by Gasteiger charge is 2.51. The molecule has 1 saturated heterocycles. The molecule has 0 radical (unpaired) electrons. The highest BCUT2D eigenvalue weighted by molar-refractivity contribution is 5.95. The van der Waals surface area contributed by atoms with Gasteiger partial charge in [-0.05, 0) is 74.3 Å². The molecule has 132 valence electrons. The largest absolute Gasteiger partial charge is 0.426 e. The molecule has 1 aromatic rings. The molecule has 0 N–H and O–H groups in total. The minimum Gasteiger partial charge on any atom is -0.426 e. The predicted molar refractivity (Wildman–Crippen MR) is 94.2 cm³/mol. The first kappa shape index (κ1) is 15.4. The minimum absolute atomic E-state index is 0.0429. The molecule has 25 heavy (non-hydrogen) atoms. The number of benzene rings is 1. The minimum atomic E-state index is -0.0429. The third-order valence-corrected chi connectivity index (χ3v) is 6.92. The van der Waals surface area contributed by atoms with E-state index in [0.717, 1.165) is 30.5 Å². The maximum absolute atomic E-state index is 12.9. The average molecular weight is 339 g/mol. The van der Waals surface area contributed by atoms with Crippen LogP contribution in [-0.2, 0) is 9.59 Å². The van der Waals surface area contributed by atoms with Crippen molar-refractivity contribution >= 4 is 17.6 Å². The van der Waals surface area contributed by atoms with Gasteiger partial charge < -0.3 is 9.64 Å². The first-order valence-electron chi connectivity index (χ1n) is 9.79. The number of amides is 1. The molecule has 1 aromatic carbocycles. The summed E-state index contributed by atoms with van der Waals surface area (Å²) in [6.45, 7) is 0.756. The summed E-state index contributed by atoms with van der Waals surface area (Å²) in [7, 11) is 0. The summed E-state index contributed by atoms with van der Waals surface area (Å²) in [4.78, 5) is 26.6. The monoisotopic (exact) mass is 339 g/mol. The topological polar surface area (TPSA) is 46.6 Å². The van der Waals surface area contributed by atoms with Crippen molar-refractivity contribution in [1.82, 2.24) is 0 Å². The fourth-order valence-electron chi connectivity index (χ4n) is 6.13. The number of hydrogen-bond donors (Lipinski definition) is 0. The van der Waals surface area contributed by atoms with Crippen molar-refractivity contribution in [3.63, 3.8) is 0 Å². The second-order valence-electron chi connectivity index (χ2n) is 8.52. The second kappa shape index (κ2) is 5.86. The fourth-order valence-corrected chi connectivity index (χ4v) is 6.13. The smallest absolute Gasteiger partial charge is 0.314 e. The molecule has 0 atom stereocenters. The van der Waals surface area contributed by atoms with Crippen LogP contribution in [0.25, 0.3) is 0 Å². The van der Waals surface area contributed by atoms with Crippen molar-refractivity contribution in [3.05, 3.63) is 24.3 Å². The third kappa shape index (κ3) is 2.66. The van der Waals surface area contributed by atoms with Gasteiger partial charge in [-0.25, -0.2) is 0 Å². The van der Waals surface area contributed by atoms with Gasteiger partial charge in [0.25, 0.3) is 0 Å². The van der Waals surface area contributed by atoms with Gasteiger partial charge in [0.1, 0.15) is 5.75 Å². The van der Waals surface area contributed by atoms with Crippen LogP contribution in [0.15, 0.2) is 24.3 Å². The average Bonchev–Trinajstić information content (AvgIpc) is 3.00. The Morgan fingerprint density at radius 3 is 2.40 bits per heavy atom. The van der Waals surface area contributed by atoms with Crippen LogP contribution in [0, 0.1) is 29.6 Å². The van der Waals surface area contributed by atoms with Gasteiger partial charge in [0, 0.05) is 24.7 Å². The van der Waals surface area contributed by atoms with E-state index < -0.39 is 0 Å². The summed E-state index contributed by atoms with van der Waals surface area (Å²) in [6.07, 6.45) is 7.77. The van der Waals surface area contributed by atoms with Crippen LogP contribution < -0.4 is 9.64 Å². The van der Waals surface area contributed by atoms with E-state index in [0.29, 0.717) is 24.0 Å². The van der Waals surface area contributed by atoms with Crippen LogP contribution in [0.5, 0.6) is 5.75 Å². The van der Waals surface area contributed by atoms with E-state index in [1.54, 1.807) is 4.90 Å². The predicted octanol–water partition coefficient (Wildman–Crippen LogP) is 3.79. The summed E-state index contributed by atoms with van der Waals surface area (Å²) in [5.74, 6) is 3.57. The van der Waals surface area contributed by atoms with E-state index in [9.17, 15) is 9.59 Å². The van der Waals surface area contributed by atoms with Crippen LogP contribution >= 0.6 is 0 Å². The highest BCUT2D eigenvalue weighted by Crippen LogP contribution is 2.56. The summed E-state index contributed by atoms with van der Waals surface area (Å²) in [6, 6.07) is 7.47. The molecule has 4 nitrogen and oxygen atoms in total. The molecule has 0 aromatic heterocycles. The van der Waals surface area contributed by atoms with Crippen LogP contribution in [-0.4, -0.2) is 18.4 Å². The van der Waals surface area contributed by atoms with Crippen LogP contribution in [0.2, 0.25) is 0 Å². The van der Waals surface area contributed by atoms with Crippen LogP contribution in [0.3, 0.4) is 0 Å². The molecule has 4 bridgehead atoms. The van der Waals surface area contributed by atoms with Crippen LogP contribution in [0.4, 0.5) is 5.69 Å². The Bertz CT molecular complexity index is 685. The molecule has 1 heterocycles. The second-order valence-corrected chi connectivity index (χ2v) is 8.52. The normalized spacial score (nSPS) is 36.1. The van der Waals surface area contributed by atoms with Gasteiger partial charge in [0.2, 0.25) is 5.91 Å². The lowest BCUT2D eigenvalue weighted by molar-refractivity contribution is -0.152. The van der Waals surface area contributed by atoms with Crippen molar-refractivity contribution in [2.24, 2.45) is 29.6 Å². The zero-order valence-corrected chi connectivity index (χ0v) is 14.5. The number of esters is 1. The molecule has 5 aliphatic rings. The Labute approximate surface area is 148 Å². The lowest BCUT2D eigenvalue weighted by Crippen LogP contribution is -2.49. The Balaban J connectivity index is 1.32. The number of ether oxygens (including phenoxy) is 1. The maximum atomic E-state index is 12.9. The molecule has 4 saturated carbocycles. The zero-order valence-electron chi connectivity index (χ0n) is 14.5. The first-order valence-corrected chi connectivity index (χ1v) is 9.79. The van der Waals surface area contributed by atoms with Gasteiger partial charge in [-0.15, -0.1) is 0 Å². The number of hydrogen-bond acceptors (Lipinski definition) is 3. The van der Waals surface area contributed by atoms with Crippen LogP contribution in [0.1, 0.15) is 44.9 Å². The molecule has 1 amide bonds. The van der Waals surface area contributed by atoms with Crippen molar-refractivity contribution < 1.29 is 14.3 Å². The Hall–Kier alpha value is -1.84. The number of carbonyl (C=O) groups is 2. The van der Waals surface area contributed by atoms with E-state index in [4.69, 9.17) is 4.74 Å². The van der Waals surface area contributed by atoms with E-state index >= 15 is 0 Å². The quantitative estimate of drug-likeness (QED) is 0.622. The SMILES string of the molecule is O=C(Oc1cccc(N2CCCC2=O)c1)C1C2CC3CC(C2)CC1C3. The summed E-state index contributed by atoms with van der Waals surface area (Å²) < 4.78 is 5.80. The van der Waals surface area contributed by atoms with Gasteiger partial charge >= 0.3 is 5.97 Å². The molecule has 4 aliphatic carbocycles. The van der Waals surface area contributed by atoms with Gasteiger partial charge in [-0.1, -0.05) is 6.07 Å². The molecule has 1 aliphatic heterocycles. The summed E-state index contributed by atoms with van der Waals surface area (Å²) >= 11 is 0. The van der Waals surface area contributed by atoms with Crippen molar-refractivity contribution in [2.45, 2.75) is 44.9 Å². The first-order chi connectivity index (χ1) is 12.2. The molecular weight excluding hydrogens is 314 g/mol. The maximum Gasteiger partial charge on any atom is 0.314 e. The molecule has 0 unspecified atom stereocenters. The van der Waals surface area contributed by atoms with Gasteiger partial charge in [-0.3, -0.25) is 9.59 Å². The van der Waals surface area contributed by atoms with E-state index in [-0.39, 0.29) is 17.8 Å². The Morgan fingerprint density at radius 1 is 1.04 bits per heavy atom.